The zero-order chi connectivity index (χ0) is 21.7. The Bertz CT molecular complexity index is 951. The largest absolute Gasteiger partial charge is 0.492 e. The van der Waals surface area contributed by atoms with E-state index >= 15 is 0 Å². The van der Waals surface area contributed by atoms with Gasteiger partial charge in [0.25, 0.3) is 5.91 Å². The molecule has 3 rings (SSSR count). The summed E-state index contributed by atoms with van der Waals surface area (Å²) in [5, 5.41) is 0.533. The molecule has 0 radical (unpaired) electrons. The van der Waals surface area contributed by atoms with Gasteiger partial charge in [-0.3, -0.25) is 14.4 Å². The van der Waals surface area contributed by atoms with Crippen molar-refractivity contribution in [2.45, 2.75) is 12.8 Å². The molecule has 1 aliphatic rings. The van der Waals surface area contributed by atoms with Crippen LogP contribution in [0.4, 0.5) is 10.1 Å². The summed E-state index contributed by atoms with van der Waals surface area (Å²) in [6.45, 7) is -0.422. The SMILES string of the molecule is NC(=O)CCN(C(=O)COC(=O)C1COc2ccc(Cl)cc2C1)c1ccc(F)cc1. The number of carbonyl (C=O) groups excluding carboxylic acids is 3. The van der Waals surface area contributed by atoms with Gasteiger partial charge in [0.15, 0.2) is 6.61 Å². The van der Waals surface area contributed by atoms with Gasteiger partial charge in [0.2, 0.25) is 5.91 Å². The molecular weight excluding hydrogens is 415 g/mol. The number of esters is 1. The second kappa shape index (κ2) is 9.58. The van der Waals surface area contributed by atoms with Gasteiger partial charge in [-0.1, -0.05) is 11.6 Å². The number of hydrogen-bond donors (Lipinski definition) is 1. The third kappa shape index (κ3) is 5.48. The number of halogens is 2. The van der Waals surface area contributed by atoms with E-state index in [-0.39, 0.29) is 19.6 Å². The summed E-state index contributed by atoms with van der Waals surface area (Å²) in [4.78, 5) is 37.4. The fraction of sp³-hybridized carbons (Fsp3) is 0.286. The molecule has 2 aromatic carbocycles. The Balaban J connectivity index is 1.62. The lowest BCUT2D eigenvalue weighted by atomic mass is 9.97. The molecule has 2 amide bonds. The van der Waals surface area contributed by atoms with E-state index in [4.69, 9.17) is 26.8 Å². The average molecular weight is 435 g/mol. The molecule has 0 bridgehead atoms. The van der Waals surface area contributed by atoms with Gasteiger partial charge >= 0.3 is 5.97 Å². The number of anilines is 1. The molecule has 0 saturated carbocycles. The molecule has 0 aliphatic carbocycles. The first-order valence-electron chi connectivity index (χ1n) is 9.25. The molecule has 9 heteroatoms. The van der Waals surface area contributed by atoms with E-state index in [9.17, 15) is 18.8 Å². The van der Waals surface area contributed by atoms with Crippen molar-refractivity contribution >= 4 is 35.1 Å². The van der Waals surface area contributed by atoms with Crippen molar-refractivity contribution in [3.8, 4) is 5.75 Å². The third-order valence-corrected chi connectivity index (χ3v) is 4.86. The highest BCUT2D eigenvalue weighted by molar-refractivity contribution is 6.30. The molecule has 0 fully saturated rings. The minimum absolute atomic E-state index is 0.0181. The summed E-state index contributed by atoms with van der Waals surface area (Å²) in [5.74, 6) is -2.12. The highest BCUT2D eigenvalue weighted by Gasteiger charge is 2.28. The van der Waals surface area contributed by atoms with Crippen LogP contribution in [0.5, 0.6) is 5.75 Å². The van der Waals surface area contributed by atoms with Crippen LogP contribution in [0.25, 0.3) is 0 Å². The molecule has 1 atom stereocenters. The van der Waals surface area contributed by atoms with Crippen LogP contribution in [-0.4, -0.2) is 37.5 Å². The van der Waals surface area contributed by atoms with Crippen molar-refractivity contribution in [1.82, 2.24) is 0 Å². The van der Waals surface area contributed by atoms with Crippen molar-refractivity contribution in [1.29, 1.82) is 0 Å². The van der Waals surface area contributed by atoms with Crippen molar-refractivity contribution in [3.63, 3.8) is 0 Å². The summed E-state index contributed by atoms with van der Waals surface area (Å²) in [6, 6.07) is 10.3. The highest BCUT2D eigenvalue weighted by atomic mass is 35.5. The Labute approximate surface area is 177 Å². The normalized spacial score (nSPS) is 14.9. The second-order valence-electron chi connectivity index (χ2n) is 6.81. The molecular formula is C21H20ClFN2O5. The van der Waals surface area contributed by atoms with E-state index < -0.39 is 36.1 Å². The van der Waals surface area contributed by atoms with E-state index in [1.807, 2.05) is 0 Å². The van der Waals surface area contributed by atoms with Crippen LogP contribution in [0.1, 0.15) is 12.0 Å². The molecule has 2 N–H and O–H groups in total. The van der Waals surface area contributed by atoms with Gasteiger partial charge in [0.1, 0.15) is 18.2 Å². The Morgan fingerprint density at radius 1 is 1.20 bits per heavy atom. The fourth-order valence-corrected chi connectivity index (χ4v) is 3.28. The summed E-state index contributed by atoms with van der Waals surface area (Å²) < 4.78 is 23.9. The number of carbonyl (C=O) groups is 3. The van der Waals surface area contributed by atoms with Crippen LogP contribution < -0.4 is 15.4 Å². The monoisotopic (exact) mass is 434 g/mol. The molecule has 158 valence electrons. The van der Waals surface area contributed by atoms with Gasteiger partial charge < -0.3 is 20.1 Å². The van der Waals surface area contributed by atoms with Crippen molar-refractivity contribution in [2.24, 2.45) is 11.7 Å². The first kappa shape index (κ1) is 21.6. The average Bonchev–Trinajstić information content (AvgIpc) is 2.72. The summed E-state index contributed by atoms with van der Waals surface area (Å²) in [6.07, 6.45) is 0.289. The number of hydrogen-bond acceptors (Lipinski definition) is 5. The predicted molar refractivity (Wildman–Crippen MR) is 108 cm³/mol. The van der Waals surface area contributed by atoms with Crippen LogP contribution in [0, 0.1) is 11.7 Å². The number of rotatable bonds is 7. The molecule has 0 spiro atoms. The van der Waals surface area contributed by atoms with Gasteiger partial charge in [-0.05, 0) is 54.4 Å². The first-order valence-corrected chi connectivity index (χ1v) is 9.63. The van der Waals surface area contributed by atoms with Crippen molar-refractivity contribution < 1.29 is 28.2 Å². The Kier molecular flexibility index (Phi) is 6.89. The third-order valence-electron chi connectivity index (χ3n) is 4.62. The van der Waals surface area contributed by atoms with Crippen LogP contribution in [0.2, 0.25) is 5.02 Å². The van der Waals surface area contributed by atoms with Crippen LogP contribution in [0.15, 0.2) is 42.5 Å². The van der Waals surface area contributed by atoms with Crippen LogP contribution in [-0.2, 0) is 25.5 Å². The quantitative estimate of drug-likeness (QED) is 0.675. The molecule has 0 aromatic heterocycles. The maximum Gasteiger partial charge on any atom is 0.313 e. The number of fused-ring (bicyclic) bond motifs is 1. The summed E-state index contributed by atoms with van der Waals surface area (Å²) in [7, 11) is 0. The van der Waals surface area contributed by atoms with Gasteiger partial charge in [0, 0.05) is 23.7 Å². The van der Waals surface area contributed by atoms with Crippen molar-refractivity contribution in [3.05, 3.63) is 58.9 Å². The Hall–Kier alpha value is -3.13. The van der Waals surface area contributed by atoms with Gasteiger partial charge in [0.05, 0.1) is 5.92 Å². The van der Waals surface area contributed by atoms with E-state index in [0.29, 0.717) is 22.9 Å². The fourth-order valence-electron chi connectivity index (χ4n) is 3.08. The zero-order valence-corrected chi connectivity index (χ0v) is 16.7. The maximum atomic E-state index is 13.2. The van der Waals surface area contributed by atoms with Gasteiger partial charge in [-0.15, -0.1) is 0 Å². The number of nitrogens with two attached hydrogens (primary N) is 1. The van der Waals surface area contributed by atoms with Gasteiger partial charge in [-0.2, -0.15) is 0 Å². The lowest BCUT2D eigenvalue weighted by Gasteiger charge is -2.25. The summed E-state index contributed by atoms with van der Waals surface area (Å²) in [5.41, 5.74) is 6.32. The number of ether oxygens (including phenoxy) is 2. The van der Waals surface area contributed by atoms with E-state index in [2.05, 4.69) is 0 Å². The molecule has 1 aliphatic heterocycles. The zero-order valence-electron chi connectivity index (χ0n) is 16.0. The molecule has 7 nitrogen and oxygen atoms in total. The number of benzene rings is 2. The van der Waals surface area contributed by atoms with Crippen LogP contribution in [0.3, 0.4) is 0 Å². The Morgan fingerprint density at radius 3 is 2.63 bits per heavy atom. The van der Waals surface area contributed by atoms with Crippen LogP contribution >= 0.6 is 11.6 Å². The minimum Gasteiger partial charge on any atom is -0.492 e. The van der Waals surface area contributed by atoms with Crippen molar-refractivity contribution in [2.75, 3.05) is 24.7 Å². The molecule has 0 saturated heterocycles. The highest BCUT2D eigenvalue weighted by Crippen LogP contribution is 2.30. The lowest BCUT2D eigenvalue weighted by molar-refractivity contribution is -0.153. The Morgan fingerprint density at radius 2 is 1.93 bits per heavy atom. The first-order chi connectivity index (χ1) is 14.3. The molecule has 1 unspecified atom stereocenters. The molecule has 30 heavy (non-hydrogen) atoms. The molecule has 2 aromatic rings. The smallest absolute Gasteiger partial charge is 0.313 e. The van der Waals surface area contributed by atoms with Gasteiger partial charge in [-0.25, -0.2) is 4.39 Å². The number of nitrogens with zero attached hydrogens (tertiary/aromatic N) is 1. The minimum atomic E-state index is -0.594. The van der Waals surface area contributed by atoms with E-state index in [1.165, 1.54) is 29.2 Å². The maximum absolute atomic E-state index is 13.2. The van der Waals surface area contributed by atoms with E-state index in [1.54, 1.807) is 18.2 Å². The number of amides is 2. The molecule has 1 heterocycles. The van der Waals surface area contributed by atoms with E-state index in [0.717, 1.165) is 5.56 Å². The number of primary amides is 1. The second-order valence-corrected chi connectivity index (χ2v) is 7.25. The lowest BCUT2D eigenvalue weighted by Crippen LogP contribution is -2.38. The predicted octanol–water partition coefficient (Wildman–Crippen LogP) is 2.48. The topological polar surface area (TPSA) is 98.9 Å². The summed E-state index contributed by atoms with van der Waals surface area (Å²) >= 11 is 5.98. The standard InChI is InChI=1S/C21H20ClFN2O5/c22-15-1-6-18-13(10-15)9-14(11-29-18)21(28)30-12-20(27)25(8-7-19(24)26)17-4-2-16(23)3-5-17/h1-6,10,14H,7-9,11-12H2,(H2,24,26).